The van der Waals surface area contributed by atoms with Gasteiger partial charge in [0.05, 0.1) is 10.4 Å². The highest BCUT2D eigenvalue weighted by molar-refractivity contribution is 7.13. The van der Waals surface area contributed by atoms with Crippen molar-refractivity contribution in [1.82, 2.24) is 10.3 Å². The Morgan fingerprint density at radius 1 is 1.41 bits per heavy atom. The number of nitrogens with one attached hydrogen (secondary N) is 1. The maximum absolute atomic E-state index is 11.8. The molecule has 3 nitrogen and oxygen atoms in total. The average molecular weight is 244 g/mol. The van der Waals surface area contributed by atoms with E-state index in [1.165, 1.54) is 11.3 Å². The van der Waals surface area contributed by atoms with Crippen LogP contribution in [0.2, 0.25) is 0 Å². The Kier molecular flexibility index (Phi) is 3.67. The molecular formula is C13H12N2OS. The molecule has 0 atom stereocenters. The highest BCUT2D eigenvalue weighted by Gasteiger charge is 2.15. The van der Waals surface area contributed by atoms with E-state index in [9.17, 15) is 4.79 Å². The SMILES string of the molecule is C=CCNC(=O)c1ncsc1-c1ccccc1. The molecule has 0 aliphatic heterocycles. The topological polar surface area (TPSA) is 42.0 Å². The second-order valence-corrected chi connectivity index (χ2v) is 4.25. The van der Waals surface area contributed by atoms with Crippen LogP contribution in [-0.4, -0.2) is 17.4 Å². The standard InChI is InChI=1S/C13H12N2OS/c1-2-8-14-13(16)11-12(17-9-15-11)10-6-4-3-5-7-10/h2-7,9H,1,8H2,(H,14,16). The fraction of sp³-hybridized carbons (Fsp3) is 0.0769. The van der Waals surface area contributed by atoms with Crippen molar-refractivity contribution < 1.29 is 4.79 Å². The van der Waals surface area contributed by atoms with Gasteiger partial charge in [-0.05, 0) is 5.56 Å². The summed E-state index contributed by atoms with van der Waals surface area (Å²) in [4.78, 5) is 16.9. The van der Waals surface area contributed by atoms with Gasteiger partial charge in [0.2, 0.25) is 0 Å². The summed E-state index contributed by atoms with van der Waals surface area (Å²) >= 11 is 1.47. The molecule has 1 N–H and O–H groups in total. The molecule has 0 bridgehead atoms. The highest BCUT2D eigenvalue weighted by atomic mass is 32.1. The van der Waals surface area contributed by atoms with Crippen LogP contribution in [0.5, 0.6) is 0 Å². The first-order valence-electron chi connectivity index (χ1n) is 5.21. The van der Waals surface area contributed by atoms with Gasteiger partial charge in [0.25, 0.3) is 5.91 Å². The summed E-state index contributed by atoms with van der Waals surface area (Å²) in [5.74, 6) is -0.162. The summed E-state index contributed by atoms with van der Waals surface area (Å²) in [5, 5.41) is 2.73. The predicted molar refractivity (Wildman–Crippen MR) is 70.1 cm³/mol. The Balaban J connectivity index is 2.29. The number of carbonyl (C=O) groups is 1. The predicted octanol–water partition coefficient (Wildman–Crippen LogP) is 2.73. The zero-order valence-electron chi connectivity index (χ0n) is 9.22. The van der Waals surface area contributed by atoms with Gasteiger partial charge in [-0.25, -0.2) is 4.98 Å². The Labute approximate surface area is 104 Å². The van der Waals surface area contributed by atoms with Gasteiger partial charge in [0.15, 0.2) is 0 Å². The third-order valence-corrected chi connectivity index (χ3v) is 3.10. The normalized spacial score (nSPS) is 9.88. The molecule has 0 spiro atoms. The number of nitrogens with zero attached hydrogens (tertiary/aromatic N) is 1. The Morgan fingerprint density at radius 2 is 2.18 bits per heavy atom. The molecule has 17 heavy (non-hydrogen) atoms. The van der Waals surface area contributed by atoms with Crippen LogP contribution in [0, 0.1) is 0 Å². The second-order valence-electron chi connectivity index (χ2n) is 3.39. The zero-order valence-corrected chi connectivity index (χ0v) is 10.0. The number of amides is 1. The van der Waals surface area contributed by atoms with Crippen molar-refractivity contribution in [2.75, 3.05) is 6.54 Å². The summed E-state index contributed by atoms with van der Waals surface area (Å²) < 4.78 is 0. The Bertz CT molecular complexity index is 519. The zero-order chi connectivity index (χ0) is 12.1. The van der Waals surface area contributed by atoms with E-state index in [4.69, 9.17) is 0 Å². The monoisotopic (exact) mass is 244 g/mol. The molecule has 0 saturated carbocycles. The van der Waals surface area contributed by atoms with Gasteiger partial charge in [-0.3, -0.25) is 4.79 Å². The van der Waals surface area contributed by atoms with Crippen molar-refractivity contribution in [2.45, 2.75) is 0 Å². The van der Waals surface area contributed by atoms with Crippen LogP contribution in [0.1, 0.15) is 10.5 Å². The lowest BCUT2D eigenvalue weighted by atomic mass is 10.1. The number of hydrogen-bond donors (Lipinski definition) is 1. The van der Waals surface area contributed by atoms with Crippen molar-refractivity contribution >= 4 is 17.2 Å². The quantitative estimate of drug-likeness (QED) is 0.840. The number of carbonyl (C=O) groups excluding carboxylic acids is 1. The molecule has 0 unspecified atom stereocenters. The molecule has 0 fully saturated rings. The number of benzene rings is 1. The lowest BCUT2D eigenvalue weighted by Crippen LogP contribution is -2.23. The molecular weight excluding hydrogens is 232 g/mol. The molecule has 0 radical (unpaired) electrons. The van der Waals surface area contributed by atoms with Gasteiger partial charge in [0.1, 0.15) is 5.69 Å². The van der Waals surface area contributed by atoms with Crippen LogP contribution in [0.4, 0.5) is 0 Å². The smallest absolute Gasteiger partial charge is 0.271 e. The van der Waals surface area contributed by atoms with E-state index in [1.807, 2.05) is 30.3 Å². The minimum absolute atomic E-state index is 0.162. The summed E-state index contributed by atoms with van der Waals surface area (Å²) in [7, 11) is 0. The van der Waals surface area contributed by atoms with Gasteiger partial charge < -0.3 is 5.32 Å². The summed E-state index contributed by atoms with van der Waals surface area (Å²) in [6.45, 7) is 4.01. The first kappa shape index (κ1) is 11.5. The highest BCUT2D eigenvalue weighted by Crippen LogP contribution is 2.27. The van der Waals surface area contributed by atoms with Crippen molar-refractivity contribution in [3.8, 4) is 10.4 Å². The molecule has 1 amide bonds. The van der Waals surface area contributed by atoms with Crippen LogP contribution in [-0.2, 0) is 0 Å². The van der Waals surface area contributed by atoms with Crippen molar-refractivity contribution in [3.05, 3.63) is 54.2 Å². The van der Waals surface area contributed by atoms with E-state index >= 15 is 0 Å². The summed E-state index contributed by atoms with van der Waals surface area (Å²) in [5.41, 5.74) is 3.17. The van der Waals surface area contributed by atoms with E-state index in [0.717, 1.165) is 10.4 Å². The van der Waals surface area contributed by atoms with Gasteiger partial charge in [0, 0.05) is 6.54 Å². The van der Waals surface area contributed by atoms with Gasteiger partial charge in [-0.15, -0.1) is 17.9 Å². The maximum Gasteiger partial charge on any atom is 0.271 e. The third-order valence-electron chi connectivity index (χ3n) is 2.23. The van der Waals surface area contributed by atoms with Gasteiger partial charge in [-0.1, -0.05) is 36.4 Å². The number of thiazole rings is 1. The molecule has 0 saturated heterocycles. The van der Waals surface area contributed by atoms with E-state index in [0.29, 0.717) is 12.2 Å². The first-order valence-corrected chi connectivity index (χ1v) is 6.09. The van der Waals surface area contributed by atoms with E-state index in [1.54, 1.807) is 11.6 Å². The molecule has 1 aromatic carbocycles. The van der Waals surface area contributed by atoms with Crippen molar-refractivity contribution in [1.29, 1.82) is 0 Å². The molecule has 86 valence electrons. The third kappa shape index (κ3) is 2.60. The van der Waals surface area contributed by atoms with Crippen LogP contribution < -0.4 is 5.32 Å². The average Bonchev–Trinajstić information content (AvgIpc) is 2.86. The van der Waals surface area contributed by atoms with Crippen LogP contribution in [0.25, 0.3) is 10.4 Å². The van der Waals surface area contributed by atoms with Crippen LogP contribution in [0.15, 0.2) is 48.5 Å². The lowest BCUT2D eigenvalue weighted by molar-refractivity contribution is 0.0954. The largest absolute Gasteiger partial charge is 0.347 e. The molecule has 0 aliphatic rings. The first-order chi connectivity index (χ1) is 8.33. The van der Waals surface area contributed by atoms with Crippen LogP contribution >= 0.6 is 11.3 Å². The molecule has 2 rings (SSSR count). The number of hydrogen-bond acceptors (Lipinski definition) is 3. The number of aromatic nitrogens is 1. The fourth-order valence-corrected chi connectivity index (χ4v) is 2.24. The molecule has 4 heteroatoms. The summed E-state index contributed by atoms with van der Waals surface area (Å²) in [6.07, 6.45) is 1.65. The minimum atomic E-state index is -0.162. The van der Waals surface area contributed by atoms with E-state index in [-0.39, 0.29) is 5.91 Å². The molecule has 1 heterocycles. The van der Waals surface area contributed by atoms with E-state index < -0.39 is 0 Å². The molecule has 0 aliphatic carbocycles. The van der Waals surface area contributed by atoms with Crippen molar-refractivity contribution in [3.63, 3.8) is 0 Å². The van der Waals surface area contributed by atoms with Gasteiger partial charge in [-0.2, -0.15) is 0 Å². The van der Waals surface area contributed by atoms with Crippen molar-refractivity contribution in [2.24, 2.45) is 0 Å². The Hall–Kier alpha value is -1.94. The Morgan fingerprint density at radius 3 is 2.88 bits per heavy atom. The van der Waals surface area contributed by atoms with Gasteiger partial charge >= 0.3 is 0 Å². The number of rotatable bonds is 4. The van der Waals surface area contributed by atoms with Crippen LogP contribution in [0.3, 0.4) is 0 Å². The molecule has 1 aromatic heterocycles. The maximum atomic E-state index is 11.8. The lowest BCUT2D eigenvalue weighted by Gasteiger charge is -2.02. The fourth-order valence-electron chi connectivity index (χ4n) is 1.45. The molecule has 2 aromatic rings. The minimum Gasteiger partial charge on any atom is -0.347 e. The second kappa shape index (κ2) is 5.41. The van der Waals surface area contributed by atoms with E-state index in [2.05, 4.69) is 16.9 Å². The summed E-state index contributed by atoms with van der Waals surface area (Å²) in [6, 6.07) is 9.78.